The number of alkyl halides is 2. The lowest BCUT2D eigenvalue weighted by Gasteiger charge is -2.32. The van der Waals surface area contributed by atoms with Gasteiger partial charge in [0.15, 0.2) is 0 Å². The molecule has 2 nitrogen and oxygen atoms in total. The van der Waals surface area contributed by atoms with Gasteiger partial charge in [0.05, 0.1) is 0 Å². The van der Waals surface area contributed by atoms with E-state index in [0.717, 1.165) is 18.4 Å². The van der Waals surface area contributed by atoms with Gasteiger partial charge in [-0.05, 0) is 24.3 Å². The summed E-state index contributed by atoms with van der Waals surface area (Å²) < 4.78 is 24.9. The summed E-state index contributed by atoms with van der Waals surface area (Å²) in [7, 11) is 0. The van der Waals surface area contributed by atoms with Crippen molar-refractivity contribution in [1.29, 1.82) is 0 Å². The maximum Gasteiger partial charge on any atom is 0.265 e. The van der Waals surface area contributed by atoms with E-state index < -0.39 is 12.5 Å². The molecule has 0 aliphatic heterocycles. The van der Waals surface area contributed by atoms with Crippen LogP contribution >= 0.6 is 0 Å². The quantitative estimate of drug-likeness (QED) is 0.837. The Labute approximate surface area is 119 Å². The summed E-state index contributed by atoms with van der Waals surface area (Å²) in [5.41, 5.74) is 1.13. The molecule has 20 heavy (non-hydrogen) atoms. The predicted molar refractivity (Wildman–Crippen MR) is 75.8 cm³/mol. The van der Waals surface area contributed by atoms with E-state index in [2.05, 4.69) is 5.32 Å². The fourth-order valence-corrected chi connectivity index (χ4v) is 3.02. The topological polar surface area (TPSA) is 32.3 Å². The van der Waals surface area contributed by atoms with Gasteiger partial charge in [0.1, 0.15) is 6.10 Å². The van der Waals surface area contributed by atoms with Gasteiger partial charge in [-0.1, -0.05) is 49.6 Å². The molecule has 0 heterocycles. The molecule has 2 N–H and O–H groups in total. The van der Waals surface area contributed by atoms with Gasteiger partial charge >= 0.3 is 0 Å². The van der Waals surface area contributed by atoms with Crippen LogP contribution in [0.1, 0.15) is 43.7 Å². The summed E-state index contributed by atoms with van der Waals surface area (Å²) >= 11 is 0. The van der Waals surface area contributed by atoms with Crippen LogP contribution in [0.15, 0.2) is 30.3 Å². The summed E-state index contributed by atoms with van der Waals surface area (Å²) in [5, 5.41) is 12.5. The third-order valence-electron chi connectivity index (χ3n) is 4.12. The van der Waals surface area contributed by atoms with Crippen molar-refractivity contribution in [3.63, 3.8) is 0 Å². The summed E-state index contributed by atoms with van der Waals surface area (Å²) in [6.07, 6.45) is 1.63. The van der Waals surface area contributed by atoms with E-state index in [1.807, 2.05) is 30.3 Å². The second-order valence-electron chi connectivity index (χ2n) is 5.60. The molecule has 1 aliphatic carbocycles. The number of hydrogen-bond acceptors (Lipinski definition) is 2. The minimum Gasteiger partial charge on any atom is -0.386 e. The summed E-state index contributed by atoms with van der Waals surface area (Å²) in [4.78, 5) is 0. The van der Waals surface area contributed by atoms with Crippen molar-refractivity contribution in [3.05, 3.63) is 35.9 Å². The molecule has 2 unspecified atom stereocenters. The van der Waals surface area contributed by atoms with Crippen molar-refractivity contribution in [2.75, 3.05) is 6.54 Å². The lowest BCUT2D eigenvalue weighted by atomic mass is 9.81. The largest absolute Gasteiger partial charge is 0.386 e. The molecule has 0 spiro atoms. The number of halogens is 2. The standard InChI is InChI=1S/C16H23F2NO/c17-16(18)14(20)11-19-15(12-7-3-1-4-8-12)13-9-5-2-6-10-13/h1,3-4,7-8,13-16,19-20H,2,5-6,9-11H2. The molecule has 0 amide bonds. The molecule has 1 aromatic rings. The van der Waals surface area contributed by atoms with Gasteiger partial charge in [0, 0.05) is 12.6 Å². The lowest BCUT2D eigenvalue weighted by Crippen LogP contribution is -2.37. The fourth-order valence-electron chi connectivity index (χ4n) is 3.02. The molecule has 0 saturated heterocycles. The first-order valence-corrected chi connectivity index (χ1v) is 7.43. The molecule has 1 aliphatic rings. The highest BCUT2D eigenvalue weighted by atomic mass is 19.3. The monoisotopic (exact) mass is 283 g/mol. The van der Waals surface area contributed by atoms with Crippen LogP contribution in [0, 0.1) is 5.92 Å². The Morgan fingerprint density at radius 1 is 1.10 bits per heavy atom. The first-order chi connectivity index (χ1) is 9.68. The smallest absolute Gasteiger partial charge is 0.265 e. The Bertz CT molecular complexity index is 379. The molecule has 0 aromatic heterocycles. The van der Waals surface area contributed by atoms with Crippen molar-refractivity contribution >= 4 is 0 Å². The van der Waals surface area contributed by atoms with Gasteiger partial charge in [0.2, 0.25) is 0 Å². The van der Waals surface area contributed by atoms with E-state index in [4.69, 9.17) is 0 Å². The number of hydrogen-bond donors (Lipinski definition) is 2. The number of benzene rings is 1. The molecule has 2 rings (SSSR count). The highest BCUT2D eigenvalue weighted by Crippen LogP contribution is 2.34. The van der Waals surface area contributed by atoms with Crippen LogP contribution in [0.4, 0.5) is 8.78 Å². The third-order valence-corrected chi connectivity index (χ3v) is 4.12. The van der Waals surface area contributed by atoms with Gasteiger partial charge in [-0.3, -0.25) is 0 Å². The van der Waals surface area contributed by atoms with E-state index in [9.17, 15) is 13.9 Å². The van der Waals surface area contributed by atoms with E-state index >= 15 is 0 Å². The van der Waals surface area contributed by atoms with Gasteiger partial charge in [-0.25, -0.2) is 8.78 Å². The summed E-state index contributed by atoms with van der Waals surface area (Å²) in [6.45, 7) is -0.0618. The maximum atomic E-state index is 12.4. The molecule has 1 aromatic carbocycles. The summed E-state index contributed by atoms with van der Waals surface area (Å²) in [5.74, 6) is 0.469. The Morgan fingerprint density at radius 3 is 2.35 bits per heavy atom. The maximum absolute atomic E-state index is 12.4. The minimum absolute atomic E-state index is 0.0601. The highest BCUT2D eigenvalue weighted by molar-refractivity contribution is 5.20. The van der Waals surface area contributed by atoms with E-state index in [-0.39, 0.29) is 12.6 Å². The van der Waals surface area contributed by atoms with Crippen LogP contribution in [0.25, 0.3) is 0 Å². The van der Waals surface area contributed by atoms with Crippen molar-refractivity contribution < 1.29 is 13.9 Å². The van der Waals surface area contributed by atoms with Crippen molar-refractivity contribution in [2.24, 2.45) is 5.92 Å². The average molecular weight is 283 g/mol. The number of aliphatic hydroxyl groups is 1. The van der Waals surface area contributed by atoms with Crippen LogP contribution in [0.3, 0.4) is 0 Å². The molecule has 4 heteroatoms. The van der Waals surface area contributed by atoms with E-state index in [0.29, 0.717) is 5.92 Å². The van der Waals surface area contributed by atoms with Gasteiger partial charge < -0.3 is 10.4 Å². The zero-order valence-corrected chi connectivity index (χ0v) is 11.6. The van der Waals surface area contributed by atoms with Crippen molar-refractivity contribution in [2.45, 2.75) is 50.7 Å². The first kappa shape index (κ1) is 15.4. The molecular formula is C16H23F2NO. The minimum atomic E-state index is -2.69. The summed E-state index contributed by atoms with van der Waals surface area (Å²) in [6, 6.07) is 10.0. The third kappa shape index (κ3) is 4.25. The highest BCUT2D eigenvalue weighted by Gasteiger charge is 2.26. The van der Waals surface area contributed by atoms with Crippen LogP contribution in [0.5, 0.6) is 0 Å². The van der Waals surface area contributed by atoms with Gasteiger partial charge in [-0.2, -0.15) is 0 Å². The Balaban J connectivity index is 2.03. The first-order valence-electron chi connectivity index (χ1n) is 7.43. The number of rotatable bonds is 6. The second-order valence-corrected chi connectivity index (χ2v) is 5.60. The molecule has 2 atom stereocenters. The van der Waals surface area contributed by atoms with E-state index in [1.54, 1.807) is 0 Å². The molecular weight excluding hydrogens is 260 g/mol. The van der Waals surface area contributed by atoms with Gasteiger partial charge in [-0.15, -0.1) is 0 Å². The molecule has 112 valence electrons. The van der Waals surface area contributed by atoms with Crippen LogP contribution in [-0.2, 0) is 0 Å². The second kappa shape index (κ2) is 7.70. The lowest BCUT2D eigenvalue weighted by molar-refractivity contribution is -0.00604. The Morgan fingerprint density at radius 2 is 1.75 bits per heavy atom. The Hall–Kier alpha value is -1.00. The van der Waals surface area contributed by atoms with Crippen molar-refractivity contribution in [3.8, 4) is 0 Å². The predicted octanol–water partition coefficient (Wildman–Crippen LogP) is 3.52. The zero-order valence-electron chi connectivity index (χ0n) is 11.6. The zero-order chi connectivity index (χ0) is 14.4. The fraction of sp³-hybridized carbons (Fsp3) is 0.625. The van der Waals surface area contributed by atoms with Crippen molar-refractivity contribution in [1.82, 2.24) is 5.32 Å². The molecule has 0 bridgehead atoms. The normalized spacial score (nSPS) is 20.0. The van der Waals surface area contributed by atoms with Gasteiger partial charge in [0.25, 0.3) is 6.43 Å². The average Bonchev–Trinajstić information content (AvgIpc) is 2.49. The van der Waals surface area contributed by atoms with Crippen LogP contribution in [0.2, 0.25) is 0 Å². The van der Waals surface area contributed by atoms with Crippen LogP contribution < -0.4 is 5.32 Å². The van der Waals surface area contributed by atoms with Crippen LogP contribution in [-0.4, -0.2) is 24.2 Å². The van der Waals surface area contributed by atoms with E-state index in [1.165, 1.54) is 19.3 Å². The molecule has 0 radical (unpaired) electrons. The Kier molecular flexibility index (Phi) is 5.92. The molecule has 1 fully saturated rings. The molecule has 1 saturated carbocycles. The number of nitrogens with one attached hydrogen (secondary N) is 1. The number of aliphatic hydroxyl groups excluding tert-OH is 1. The SMILES string of the molecule is OC(CNC(c1ccccc1)C1CCCCC1)C(F)F.